The Hall–Kier alpha value is -6.70. The van der Waals surface area contributed by atoms with E-state index in [0.29, 0.717) is 49.3 Å². The van der Waals surface area contributed by atoms with Crippen LogP contribution in [0.3, 0.4) is 0 Å². The Labute approximate surface area is 422 Å². The zero-order valence-electron chi connectivity index (χ0n) is 42.7. The summed E-state index contributed by atoms with van der Waals surface area (Å²) in [5.74, 6) is -1.10. The molecule has 0 aromatic heterocycles. The Kier molecular flexibility index (Phi) is 12.5. The molecule has 10 rings (SSSR count). The Morgan fingerprint density at radius 1 is 0.597 bits per heavy atom. The molecule has 2 spiro atoms. The van der Waals surface area contributed by atoms with Crippen LogP contribution in [0.1, 0.15) is 126 Å². The fourth-order valence-corrected chi connectivity index (χ4v) is 12.7. The number of ether oxygens (including phenoxy) is 2. The second-order valence-corrected chi connectivity index (χ2v) is 22.8. The second-order valence-electron chi connectivity index (χ2n) is 22.8. The first-order valence-electron chi connectivity index (χ1n) is 25.8. The van der Waals surface area contributed by atoms with E-state index in [4.69, 9.17) is 9.47 Å². The van der Waals surface area contributed by atoms with Gasteiger partial charge in [0.2, 0.25) is 17.7 Å². The number of anilines is 2. The number of likely N-dealkylation sites (tertiary alicyclic amines) is 2. The molecule has 378 valence electrons. The summed E-state index contributed by atoms with van der Waals surface area (Å²) >= 11 is 0. The molecule has 2 heterocycles. The standard InChI is InChI=1S/C58H68N6O8/c1-8-41(61-53(69)71-6)51(67)63-32-57(24-25-57)30-42(63)49(65)59-37-18-12-16-35(28-37)44-39-20-22-56(4,5)47(39)45(40-21-23-55(2,3)46(40)44)36-17-13-19-38(29-36)60-50(66)43-31-58(26-27-58)33-64(43)52(68)48(62-54(70)72-7)34-14-10-9-11-15-34/h9-19,28-29,41-43,48H,8,20-27,30-33H2,1-7H3,(H,59,65)(H,60,66)(H,61,69)(H,62,70)/t41-,42+,43+,48-/m1/s1. The van der Waals surface area contributed by atoms with Gasteiger partial charge in [-0.2, -0.15) is 0 Å². The average molecular weight is 977 g/mol. The van der Waals surface area contributed by atoms with E-state index < -0.39 is 36.4 Å². The van der Waals surface area contributed by atoms with Crippen molar-refractivity contribution in [2.75, 3.05) is 37.9 Å². The molecule has 2 saturated carbocycles. The van der Waals surface area contributed by atoms with E-state index in [1.165, 1.54) is 47.6 Å². The largest absolute Gasteiger partial charge is 0.453 e. The highest BCUT2D eigenvalue weighted by Crippen LogP contribution is 2.58. The molecular formula is C58H68N6O8. The summed E-state index contributed by atoms with van der Waals surface area (Å²) in [6.07, 6.45) is 7.57. The predicted octanol–water partition coefficient (Wildman–Crippen LogP) is 9.34. The number of benzene rings is 4. The van der Waals surface area contributed by atoms with Gasteiger partial charge in [-0.25, -0.2) is 9.59 Å². The van der Waals surface area contributed by atoms with Gasteiger partial charge in [0.1, 0.15) is 24.2 Å². The summed E-state index contributed by atoms with van der Waals surface area (Å²) < 4.78 is 9.71. The number of hydrogen-bond donors (Lipinski definition) is 4. The Morgan fingerprint density at radius 3 is 1.50 bits per heavy atom. The minimum atomic E-state index is -1.01. The molecule has 0 radical (unpaired) electrons. The summed E-state index contributed by atoms with van der Waals surface area (Å²) in [5.41, 5.74) is 11.1. The number of amides is 6. The first-order chi connectivity index (χ1) is 34.4. The summed E-state index contributed by atoms with van der Waals surface area (Å²) in [4.78, 5) is 85.3. The topological polar surface area (TPSA) is 175 Å². The molecular weight excluding hydrogens is 909 g/mol. The van der Waals surface area contributed by atoms with Gasteiger partial charge >= 0.3 is 12.2 Å². The lowest BCUT2D eigenvalue weighted by atomic mass is 9.73. The number of carbonyl (C=O) groups is 6. The van der Waals surface area contributed by atoms with Crippen molar-refractivity contribution < 1.29 is 38.2 Å². The molecule has 72 heavy (non-hydrogen) atoms. The third kappa shape index (κ3) is 8.99. The van der Waals surface area contributed by atoms with Crippen LogP contribution in [0.4, 0.5) is 21.0 Å². The van der Waals surface area contributed by atoms with Gasteiger partial charge in [0.25, 0.3) is 5.91 Å². The van der Waals surface area contributed by atoms with Gasteiger partial charge in [0.05, 0.1) is 14.2 Å². The number of fused-ring (bicyclic) bond motifs is 2. The summed E-state index contributed by atoms with van der Waals surface area (Å²) in [5, 5.41) is 11.8. The molecule has 14 nitrogen and oxygen atoms in total. The highest BCUT2D eigenvalue weighted by atomic mass is 16.5. The lowest BCUT2D eigenvalue weighted by molar-refractivity contribution is -0.138. The minimum Gasteiger partial charge on any atom is -0.453 e. The normalized spacial score (nSPS) is 21.8. The van der Waals surface area contributed by atoms with Crippen LogP contribution in [0.25, 0.3) is 22.3 Å². The molecule has 2 aliphatic heterocycles. The van der Waals surface area contributed by atoms with E-state index in [9.17, 15) is 28.8 Å². The molecule has 14 heteroatoms. The summed E-state index contributed by atoms with van der Waals surface area (Å²) in [7, 11) is 2.53. The van der Waals surface area contributed by atoms with Crippen molar-refractivity contribution in [2.24, 2.45) is 10.8 Å². The number of nitrogens with zero attached hydrogens (tertiary/aromatic N) is 2. The van der Waals surface area contributed by atoms with Crippen LogP contribution in [0, 0.1) is 10.8 Å². The van der Waals surface area contributed by atoms with E-state index in [1.807, 2.05) is 49.4 Å². The molecule has 0 unspecified atom stereocenters. The molecule has 0 bridgehead atoms. The monoisotopic (exact) mass is 977 g/mol. The lowest BCUT2D eigenvalue weighted by Crippen LogP contribution is -2.52. The first kappa shape index (κ1) is 48.9. The van der Waals surface area contributed by atoms with Gasteiger partial charge in [0, 0.05) is 24.5 Å². The van der Waals surface area contributed by atoms with Crippen LogP contribution in [0.2, 0.25) is 0 Å². The quantitative estimate of drug-likeness (QED) is 0.109. The fraction of sp³-hybridized carbons (Fsp3) is 0.483. The van der Waals surface area contributed by atoms with Gasteiger partial charge in [0.15, 0.2) is 0 Å². The molecule has 4 N–H and O–H groups in total. The van der Waals surface area contributed by atoms with Gasteiger partial charge in [-0.3, -0.25) is 19.2 Å². The van der Waals surface area contributed by atoms with Crippen molar-refractivity contribution in [3.63, 3.8) is 0 Å². The highest BCUT2D eigenvalue weighted by molar-refractivity contribution is 6.01. The molecule has 4 aliphatic carbocycles. The Morgan fingerprint density at radius 2 is 1.06 bits per heavy atom. The summed E-state index contributed by atoms with van der Waals surface area (Å²) in [6, 6.07) is 22.2. The van der Waals surface area contributed by atoms with E-state index >= 15 is 0 Å². The van der Waals surface area contributed by atoms with Crippen LogP contribution >= 0.6 is 0 Å². The van der Waals surface area contributed by atoms with Crippen LogP contribution in [-0.4, -0.2) is 91.0 Å². The van der Waals surface area contributed by atoms with Crippen LogP contribution < -0.4 is 21.3 Å². The number of alkyl carbamates (subject to hydrolysis) is 2. The van der Waals surface area contributed by atoms with Crippen molar-refractivity contribution in [1.82, 2.24) is 20.4 Å². The van der Waals surface area contributed by atoms with Crippen molar-refractivity contribution >= 4 is 47.2 Å². The first-order valence-corrected chi connectivity index (χ1v) is 25.8. The lowest BCUT2D eigenvalue weighted by Gasteiger charge is -2.31. The number of methoxy groups -OCH3 is 2. The third-order valence-electron chi connectivity index (χ3n) is 17.0. The van der Waals surface area contributed by atoms with E-state index in [2.05, 4.69) is 73.2 Å². The van der Waals surface area contributed by atoms with E-state index in [1.54, 1.807) is 21.9 Å². The van der Waals surface area contributed by atoms with Crippen molar-refractivity contribution in [1.29, 1.82) is 0 Å². The minimum absolute atomic E-state index is 0.0646. The SMILES string of the molecule is CC[C@@H](NC(=O)OC)C(=O)N1CC2(CC2)C[C@H]1C(=O)Nc1cccc(-c2c3c(c(-c4cccc(NC(=O)[C@@H]5CC6(CC6)CN5C(=O)[C@H](NC(=O)OC)c5ccccc5)c4)c4c2C(C)(C)CC4)C(C)(C)CC3)c1. The predicted molar refractivity (Wildman–Crippen MR) is 275 cm³/mol. The number of rotatable bonds is 12. The van der Waals surface area contributed by atoms with Crippen LogP contribution in [0.5, 0.6) is 0 Å². The van der Waals surface area contributed by atoms with Crippen molar-refractivity contribution in [3.05, 3.63) is 107 Å². The van der Waals surface area contributed by atoms with E-state index in [0.717, 1.165) is 62.5 Å². The maximum atomic E-state index is 14.5. The molecule has 4 aromatic carbocycles. The van der Waals surface area contributed by atoms with Crippen molar-refractivity contribution in [2.45, 2.75) is 140 Å². The number of carbonyl (C=O) groups excluding carboxylic acids is 6. The van der Waals surface area contributed by atoms with Gasteiger partial charge in [-0.05, 0) is 167 Å². The fourth-order valence-electron chi connectivity index (χ4n) is 12.7. The second kappa shape index (κ2) is 18.4. The highest BCUT2D eigenvalue weighted by Gasteiger charge is 2.57. The molecule has 4 aromatic rings. The Balaban J connectivity index is 0.954. The molecule has 4 atom stereocenters. The van der Waals surface area contributed by atoms with Gasteiger partial charge < -0.3 is 40.5 Å². The summed E-state index contributed by atoms with van der Waals surface area (Å²) in [6.45, 7) is 12.1. The van der Waals surface area contributed by atoms with Crippen LogP contribution in [-0.2, 0) is 52.3 Å². The zero-order chi connectivity index (χ0) is 50.9. The molecule has 2 saturated heterocycles. The maximum absolute atomic E-state index is 14.5. The van der Waals surface area contributed by atoms with Gasteiger partial charge in [-0.15, -0.1) is 0 Å². The van der Waals surface area contributed by atoms with E-state index in [-0.39, 0.29) is 45.3 Å². The van der Waals surface area contributed by atoms with Crippen LogP contribution in [0.15, 0.2) is 78.9 Å². The third-order valence-corrected chi connectivity index (χ3v) is 17.0. The molecule has 4 fully saturated rings. The number of hydrogen-bond acceptors (Lipinski definition) is 8. The maximum Gasteiger partial charge on any atom is 0.407 e. The van der Waals surface area contributed by atoms with Crippen molar-refractivity contribution in [3.8, 4) is 22.3 Å². The zero-order valence-corrected chi connectivity index (χ0v) is 42.7. The molecule has 6 aliphatic rings. The molecule has 6 amide bonds. The number of nitrogens with one attached hydrogen (secondary N) is 4. The average Bonchev–Trinajstić information content (AvgIpc) is 4.13. The Bertz CT molecular complexity index is 2870. The van der Waals surface area contributed by atoms with Gasteiger partial charge in [-0.1, -0.05) is 89.2 Å². The smallest absolute Gasteiger partial charge is 0.407 e.